The molecule has 0 saturated carbocycles. The molecule has 40 heteroatoms. The highest BCUT2D eigenvalue weighted by atomic mass is 32.2. The van der Waals surface area contributed by atoms with E-state index in [-0.39, 0.29) is 146 Å². The van der Waals surface area contributed by atoms with Crippen LogP contribution in [0.1, 0.15) is 134 Å². The van der Waals surface area contributed by atoms with Crippen LogP contribution in [0.3, 0.4) is 0 Å². The number of primary amides is 2. The van der Waals surface area contributed by atoms with Gasteiger partial charge in [0.2, 0.25) is 82.7 Å². The molecule has 1 aromatic carbocycles. The molecule has 12 atom stereocenters. The Morgan fingerprint density at radius 1 is 0.560 bits per heavy atom. The molecule has 27 N–H and O–H groups in total. The van der Waals surface area contributed by atoms with E-state index in [1.165, 1.54) is 39.0 Å². The number of guanidine groups is 2. The van der Waals surface area contributed by atoms with Crippen LogP contribution >= 0.6 is 11.8 Å². The van der Waals surface area contributed by atoms with Gasteiger partial charge in [0.25, 0.3) is 0 Å². The van der Waals surface area contributed by atoms with Crippen LogP contribution in [0.15, 0.2) is 42.9 Å². The van der Waals surface area contributed by atoms with E-state index in [9.17, 15) is 72.2 Å². The summed E-state index contributed by atoms with van der Waals surface area (Å²) in [7, 11) is 0. The van der Waals surface area contributed by atoms with Gasteiger partial charge in [0.05, 0.1) is 31.2 Å². The molecule has 3 aliphatic rings. The number of amides is 14. The van der Waals surface area contributed by atoms with Crippen LogP contribution in [0.4, 0.5) is 0 Å². The molecular formula is C69H112N24O15S. The Hall–Kier alpha value is -10.2. The Labute approximate surface area is 637 Å². The summed E-state index contributed by atoms with van der Waals surface area (Å²) < 4.78 is 0. The number of aliphatic hydroxyl groups is 1. The fourth-order valence-corrected chi connectivity index (χ4v) is 13.4. The van der Waals surface area contributed by atoms with Gasteiger partial charge in [0.15, 0.2) is 11.9 Å². The molecule has 3 fully saturated rings. The maximum Gasteiger partial charge on any atom is 0.245 e. The molecule has 14 amide bonds. The maximum atomic E-state index is 14.5. The Bertz CT molecular complexity index is 3430. The predicted molar refractivity (Wildman–Crippen MR) is 401 cm³/mol. The molecule has 0 radical (unpaired) electrons. The van der Waals surface area contributed by atoms with E-state index >= 15 is 0 Å². The van der Waals surface area contributed by atoms with Crippen LogP contribution < -0.4 is 92.9 Å². The average molecular weight is 1550 g/mol. The lowest BCUT2D eigenvalue weighted by Crippen LogP contribution is -2.61. The number of aromatic amines is 1. The SMILES string of the molecule is CSCC[C@H](NC(=O)[C@@H]1CCCN1C(=O)CNC(=O)[C@H](CCCCN)NC(=O)[C@H](Cc1c[nH]cn1)NC(=O)[C@H](CO)NC(=O)[C@H](CC(C)C)NC(=O)[C@H](CCCNC(=N)N)NC(=O)[C@@H]1CCCN1C(=O)[C@H](CCCNC(=N)N)NC(=O)[C@@H](N)CCC(N)=O)C(=O)N1CCC[C@H]1C(=O)N[C@@H](Cc1ccccc1)C(N)=O. The number of imidazole rings is 1. The number of carbonyl (C=O) groups is 14. The molecule has 3 saturated heterocycles. The lowest BCUT2D eigenvalue weighted by molar-refractivity contribution is -0.143. The second-order valence-corrected chi connectivity index (χ2v) is 28.6. The van der Waals surface area contributed by atoms with E-state index in [1.54, 1.807) is 38.1 Å². The quantitative estimate of drug-likeness (QED) is 0.0166. The molecule has 0 aliphatic carbocycles. The summed E-state index contributed by atoms with van der Waals surface area (Å²) >= 11 is 1.43. The first-order valence-corrected chi connectivity index (χ1v) is 38.3. The Morgan fingerprint density at radius 2 is 1.04 bits per heavy atom. The van der Waals surface area contributed by atoms with E-state index in [2.05, 4.69) is 68.5 Å². The van der Waals surface area contributed by atoms with Crippen molar-refractivity contribution in [1.82, 2.24) is 83.2 Å². The molecule has 4 heterocycles. The standard InChI is InChI=1S/C69H112N24O15S/c1-39(2)32-48(88-59(100)44(17-9-26-79-68(74)75)84-64(105)52-20-12-29-92(52)66(107)45(18-10-27-80-69(76)77)85-57(98)42(71)22-23-54(72)95)60(101)90-50(37-94)62(103)89-49(34-41-35-78-38-82-41)61(102)83-43(16-7-8-25-70)58(99)81-36-55(96)91-28-11-19-51(91)63(104)86-46(24-31-109-3)67(108)93-30-13-21-53(93)65(106)87-47(56(73)97)33-40-14-5-4-6-15-40/h4-6,14-15,35,38-39,42-53,94H,7-13,16-34,36-37,70-71H2,1-3H3,(H2,72,95)(H2,73,97)(H,78,82)(H,81,99)(H,83,102)(H,84,105)(H,85,98)(H,86,104)(H,87,106)(H,88,100)(H,89,103)(H,90,101)(H4,74,75,79)(H4,76,77,80)/t42-,43-,44-,45-,46-,47-,48-,49-,50-,51-,52-,53-/m0/s1. The zero-order valence-electron chi connectivity index (χ0n) is 62.2. The number of aromatic nitrogens is 2. The Balaban J connectivity index is 1.26. The van der Waals surface area contributed by atoms with Gasteiger partial charge in [-0.25, -0.2) is 4.98 Å². The second-order valence-electron chi connectivity index (χ2n) is 27.6. The third-order valence-electron chi connectivity index (χ3n) is 18.7. The zero-order chi connectivity index (χ0) is 80.3. The van der Waals surface area contributed by atoms with Gasteiger partial charge in [0.1, 0.15) is 66.5 Å². The van der Waals surface area contributed by atoms with Crippen LogP contribution in [0.2, 0.25) is 0 Å². The van der Waals surface area contributed by atoms with Crippen molar-refractivity contribution in [3.05, 3.63) is 54.1 Å². The van der Waals surface area contributed by atoms with Crippen molar-refractivity contribution in [3.63, 3.8) is 0 Å². The van der Waals surface area contributed by atoms with Gasteiger partial charge >= 0.3 is 0 Å². The number of unbranched alkanes of at least 4 members (excludes halogenated alkanes) is 1. The molecule has 2 aromatic rings. The van der Waals surface area contributed by atoms with E-state index in [1.807, 2.05) is 12.3 Å². The molecule has 1 aromatic heterocycles. The third kappa shape index (κ3) is 29.7. The minimum atomic E-state index is -1.78. The number of hydrogen-bond acceptors (Lipinski definition) is 21. The normalized spacial score (nSPS) is 17.8. The zero-order valence-corrected chi connectivity index (χ0v) is 63.0. The first-order valence-electron chi connectivity index (χ1n) is 36.9. The second kappa shape index (κ2) is 46.2. The molecule has 5 rings (SSSR count). The van der Waals surface area contributed by atoms with Crippen LogP contribution in [-0.4, -0.2) is 261 Å². The topological polar surface area (TPSA) is 634 Å². The smallest absolute Gasteiger partial charge is 0.245 e. The number of hydrogen-bond donors (Lipinski definition) is 21. The van der Waals surface area contributed by atoms with Crippen LogP contribution in [0.5, 0.6) is 0 Å². The highest BCUT2D eigenvalue weighted by molar-refractivity contribution is 7.98. The molecule has 0 bridgehead atoms. The van der Waals surface area contributed by atoms with E-state index in [0.717, 1.165) is 5.56 Å². The van der Waals surface area contributed by atoms with Crippen LogP contribution in [0, 0.1) is 16.7 Å². The van der Waals surface area contributed by atoms with Gasteiger partial charge in [-0.2, -0.15) is 11.8 Å². The molecular weight excluding hydrogens is 1440 g/mol. The number of rotatable bonds is 47. The van der Waals surface area contributed by atoms with Crippen LogP contribution in [-0.2, 0) is 80.0 Å². The Kier molecular flexibility index (Phi) is 37.9. The average Bonchev–Trinajstić information content (AvgIpc) is 1.76. The number of aliphatic hydroxyl groups excluding tert-OH is 1. The summed E-state index contributed by atoms with van der Waals surface area (Å²) in [5, 5.41) is 54.9. The van der Waals surface area contributed by atoms with Gasteiger partial charge in [-0.3, -0.25) is 77.9 Å². The number of H-pyrrole nitrogens is 1. The van der Waals surface area contributed by atoms with E-state index in [4.69, 9.17) is 45.2 Å². The fraction of sp³-hybridized carbons (Fsp3) is 0.638. The van der Waals surface area contributed by atoms with Gasteiger partial charge in [-0.05, 0) is 133 Å². The summed E-state index contributed by atoms with van der Waals surface area (Å²) in [6.07, 6.45) is 7.02. The number of nitrogens with one attached hydrogen (secondary N) is 14. The lowest BCUT2D eigenvalue weighted by atomic mass is 10.0. The van der Waals surface area contributed by atoms with Crippen molar-refractivity contribution in [3.8, 4) is 0 Å². The number of carbonyl (C=O) groups excluding carboxylic acids is 14. The largest absolute Gasteiger partial charge is 0.394 e. The van der Waals surface area contributed by atoms with Gasteiger partial charge in [0, 0.05) is 58.2 Å². The summed E-state index contributed by atoms with van der Waals surface area (Å²) in [5.74, 6) is -11.3. The van der Waals surface area contributed by atoms with Crippen LogP contribution in [0.25, 0.3) is 0 Å². The first-order chi connectivity index (χ1) is 52.0. The number of nitrogens with zero attached hydrogens (tertiary/aromatic N) is 4. The minimum absolute atomic E-state index is 0.00520. The summed E-state index contributed by atoms with van der Waals surface area (Å²) in [4.78, 5) is 205. The lowest BCUT2D eigenvalue weighted by Gasteiger charge is -2.31. The summed E-state index contributed by atoms with van der Waals surface area (Å²) in [6.45, 7) is 2.62. The van der Waals surface area contributed by atoms with Crippen molar-refractivity contribution in [2.75, 3.05) is 64.4 Å². The van der Waals surface area contributed by atoms with Gasteiger partial charge < -0.3 is 118 Å². The maximum absolute atomic E-state index is 14.5. The van der Waals surface area contributed by atoms with E-state index in [0.29, 0.717) is 44.3 Å². The molecule has 109 heavy (non-hydrogen) atoms. The number of benzene rings is 1. The Morgan fingerprint density at radius 3 is 1.57 bits per heavy atom. The molecule has 39 nitrogen and oxygen atoms in total. The van der Waals surface area contributed by atoms with E-state index < -0.39 is 168 Å². The van der Waals surface area contributed by atoms with Gasteiger partial charge in [-0.15, -0.1) is 0 Å². The van der Waals surface area contributed by atoms with Gasteiger partial charge in [-0.1, -0.05) is 44.2 Å². The van der Waals surface area contributed by atoms with Crippen molar-refractivity contribution in [2.24, 2.45) is 40.3 Å². The number of nitrogens with two attached hydrogens (primary N) is 6. The number of thioether (sulfide) groups is 1. The monoisotopic (exact) mass is 1550 g/mol. The molecule has 0 spiro atoms. The van der Waals surface area contributed by atoms with Crippen molar-refractivity contribution < 1.29 is 72.2 Å². The van der Waals surface area contributed by atoms with Crippen molar-refractivity contribution in [2.45, 2.75) is 208 Å². The van der Waals surface area contributed by atoms with Crippen molar-refractivity contribution in [1.29, 1.82) is 10.8 Å². The number of likely N-dealkylation sites (tertiary alicyclic amines) is 3. The predicted octanol–water partition coefficient (Wildman–Crippen LogP) is -6.31. The fourth-order valence-electron chi connectivity index (χ4n) is 13.0. The highest BCUT2D eigenvalue weighted by Crippen LogP contribution is 2.24. The minimum Gasteiger partial charge on any atom is -0.394 e. The summed E-state index contributed by atoms with van der Waals surface area (Å²) in [5.41, 5.74) is 34.8. The molecule has 604 valence electrons. The molecule has 0 unspecified atom stereocenters. The van der Waals surface area contributed by atoms with Crippen molar-refractivity contribution >= 4 is 106 Å². The first kappa shape index (κ1) is 89.4. The summed E-state index contributed by atoms with van der Waals surface area (Å²) in [6, 6.07) is -6.33. The highest BCUT2D eigenvalue weighted by Gasteiger charge is 2.43. The molecule has 3 aliphatic heterocycles. The third-order valence-corrected chi connectivity index (χ3v) is 19.4.